The Bertz CT molecular complexity index is 720. The molecule has 0 atom stereocenters. The van der Waals surface area contributed by atoms with Gasteiger partial charge in [0.05, 0.1) is 6.61 Å². The van der Waals surface area contributed by atoms with Crippen LogP contribution in [0, 0.1) is 5.82 Å². The molecule has 0 bridgehead atoms. The highest BCUT2D eigenvalue weighted by atomic mass is 19.1. The van der Waals surface area contributed by atoms with E-state index in [1.54, 1.807) is 25.1 Å². The number of carbonyl (C=O) groups excluding carboxylic acids is 1. The predicted molar refractivity (Wildman–Crippen MR) is 85.7 cm³/mol. The lowest BCUT2D eigenvalue weighted by atomic mass is 9.92. The lowest BCUT2D eigenvalue weighted by Gasteiger charge is -2.15. The van der Waals surface area contributed by atoms with Gasteiger partial charge in [-0.05, 0) is 47.4 Å². The number of hydrogen-bond acceptors (Lipinski definition) is 3. The normalized spacial score (nSPS) is 10.8. The molecule has 116 valence electrons. The minimum absolute atomic E-state index is 0.133. The van der Waals surface area contributed by atoms with Crippen molar-refractivity contribution < 1.29 is 18.7 Å². The highest BCUT2D eigenvalue weighted by Gasteiger charge is 2.15. The lowest BCUT2D eigenvalue weighted by Crippen LogP contribution is -2.10. The molecule has 0 saturated carbocycles. The summed E-state index contributed by atoms with van der Waals surface area (Å²) in [5.74, 6) is 0.202. The summed E-state index contributed by atoms with van der Waals surface area (Å²) in [5.41, 5.74) is 1.36. The molecule has 4 heteroatoms. The third-order valence-electron chi connectivity index (χ3n) is 3.40. The van der Waals surface area contributed by atoms with Crippen LogP contribution in [0.3, 0.4) is 0 Å². The molecule has 0 amide bonds. The maximum absolute atomic E-state index is 14.0. The van der Waals surface area contributed by atoms with Crippen LogP contribution < -0.4 is 4.74 Å². The molecule has 0 saturated heterocycles. The van der Waals surface area contributed by atoms with Gasteiger partial charge in [-0.2, -0.15) is 0 Å². The summed E-state index contributed by atoms with van der Waals surface area (Å²) in [5, 5.41) is 1.59. The topological polar surface area (TPSA) is 35.5 Å². The zero-order chi connectivity index (χ0) is 16.3. The second kappa shape index (κ2) is 6.60. The van der Waals surface area contributed by atoms with E-state index < -0.39 is 6.16 Å². The van der Waals surface area contributed by atoms with E-state index >= 15 is 0 Å². The Hall–Kier alpha value is -2.36. The standard InChI is InChI=1S/C18H19FO3/c1-5-14-16(19)8-7-12-9-13(22-18(20)21-6-2)10-15(11(3)4)17(12)14/h5,7-11H,1,6H2,2-4H3. The van der Waals surface area contributed by atoms with Crippen molar-refractivity contribution in [2.24, 2.45) is 0 Å². The number of halogens is 1. The van der Waals surface area contributed by atoms with Crippen molar-refractivity contribution in [1.29, 1.82) is 0 Å². The largest absolute Gasteiger partial charge is 0.513 e. The molecule has 0 aliphatic heterocycles. The summed E-state index contributed by atoms with van der Waals surface area (Å²) in [6.07, 6.45) is 0.762. The van der Waals surface area contributed by atoms with Crippen LogP contribution in [0.4, 0.5) is 9.18 Å². The highest BCUT2D eigenvalue weighted by Crippen LogP contribution is 2.34. The van der Waals surface area contributed by atoms with Crippen LogP contribution in [0.5, 0.6) is 5.75 Å². The number of rotatable bonds is 4. The average Bonchev–Trinajstić information content (AvgIpc) is 2.46. The van der Waals surface area contributed by atoms with Gasteiger partial charge in [-0.1, -0.05) is 32.6 Å². The third kappa shape index (κ3) is 3.11. The van der Waals surface area contributed by atoms with E-state index in [2.05, 4.69) is 6.58 Å². The summed E-state index contributed by atoms with van der Waals surface area (Å²) in [6.45, 7) is 9.65. The Morgan fingerprint density at radius 2 is 2.09 bits per heavy atom. The van der Waals surface area contributed by atoms with Crippen molar-refractivity contribution in [2.45, 2.75) is 26.7 Å². The summed E-state index contributed by atoms with van der Waals surface area (Å²) < 4.78 is 24.0. The molecule has 2 rings (SSSR count). The van der Waals surface area contributed by atoms with Gasteiger partial charge in [0.1, 0.15) is 11.6 Å². The lowest BCUT2D eigenvalue weighted by molar-refractivity contribution is 0.104. The monoisotopic (exact) mass is 302 g/mol. The number of carbonyl (C=O) groups is 1. The van der Waals surface area contributed by atoms with Crippen molar-refractivity contribution in [3.63, 3.8) is 0 Å². The molecule has 0 spiro atoms. The predicted octanol–water partition coefficient (Wildman–Crippen LogP) is 5.28. The Labute approximate surface area is 129 Å². The molecule has 0 unspecified atom stereocenters. The van der Waals surface area contributed by atoms with Gasteiger partial charge < -0.3 is 9.47 Å². The van der Waals surface area contributed by atoms with Gasteiger partial charge in [-0.3, -0.25) is 0 Å². The van der Waals surface area contributed by atoms with Crippen LogP contribution in [-0.4, -0.2) is 12.8 Å². The van der Waals surface area contributed by atoms with Gasteiger partial charge >= 0.3 is 6.16 Å². The van der Waals surface area contributed by atoms with Crippen molar-refractivity contribution >= 4 is 23.0 Å². The summed E-state index contributed by atoms with van der Waals surface area (Å²) in [7, 11) is 0. The fraction of sp³-hybridized carbons (Fsp3) is 0.278. The Kier molecular flexibility index (Phi) is 4.81. The Morgan fingerprint density at radius 3 is 2.68 bits per heavy atom. The number of hydrogen-bond donors (Lipinski definition) is 0. The molecule has 22 heavy (non-hydrogen) atoms. The van der Waals surface area contributed by atoms with E-state index in [1.807, 2.05) is 13.8 Å². The van der Waals surface area contributed by atoms with Crippen LogP contribution in [0.25, 0.3) is 16.8 Å². The summed E-state index contributed by atoms with van der Waals surface area (Å²) >= 11 is 0. The van der Waals surface area contributed by atoms with Gasteiger partial charge in [0, 0.05) is 5.56 Å². The van der Waals surface area contributed by atoms with E-state index in [1.165, 1.54) is 12.1 Å². The zero-order valence-electron chi connectivity index (χ0n) is 13.0. The third-order valence-corrected chi connectivity index (χ3v) is 3.40. The van der Waals surface area contributed by atoms with Crippen molar-refractivity contribution in [3.05, 3.63) is 47.8 Å². The summed E-state index contributed by atoms with van der Waals surface area (Å²) in [6, 6.07) is 6.50. The molecule has 3 nitrogen and oxygen atoms in total. The first kappa shape index (κ1) is 16.0. The van der Waals surface area contributed by atoms with Crippen LogP contribution in [0.15, 0.2) is 30.8 Å². The first-order valence-electron chi connectivity index (χ1n) is 7.21. The molecule has 0 heterocycles. The summed E-state index contributed by atoms with van der Waals surface area (Å²) in [4.78, 5) is 11.5. The highest BCUT2D eigenvalue weighted by molar-refractivity contribution is 5.95. The Morgan fingerprint density at radius 1 is 1.36 bits per heavy atom. The average molecular weight is 302 g/mol. The second-order valence-corrected chi connectivity index (χ2v) is 5.22. The van der Waals surface area contributed by atoms with Crippen LogP contribution >= 0.6 is 0 Å². The van der Waals surface area contributed by atoms with Crippen LogP contribution in [0.2, 0.25) is 0 Å². The minimum Gasteiger partial charge on any atom is -0.434 e. The van der Waals surface area contributed by atoms with Crippen molar-refractivity contribution in [2.75, 3.05) is 6.61 Å². The molecule has 0 radical (unpaired) electrons. The van der Waals surface area contributed by atoms with Crippen molar-refractivity contribution in [3.8, 4) is 5.75 Å². The van der Waals surface area contributed by atoms with Gasteiger partial charge in [0.2, 0.25) is 0 Å². The van der Waals surface area contributed by atoms with Gasteiger partial charge in [-0.25, -0.2) is 9.18 Å². The fourth-order valence-electron chi connectivity index (χ4n) is 2.43. The zero-order valence-corrected chi connectivity index (χ0v) is 13.0. The SMILES string of the molecule is C=Cc1c(F)ccc2cc(OC(=O)OCC)cc(C(C)C)c12. The molecule has 2 aromatic rings. The maximum atomic E-state index is 14.0. The number of benzene rings is 2. The van der Waals surface area contributed by atoms with Crippen molar-refractivity contribution in [1.82, 2.24) is 0 Å². The number of ether oxygens (including phenoxy) is 2. The molecule has 0 N–H and O–H groups in total. The van der Waals surface area contributed by atoms with Gasteiger partial charge in [-0.15, -0.1) is 0 Å². The second-order valence-electron chi connectivity index (χ2n) is 5.22. The number of fused-ring (bicyclic) bond motifs is 1. The molecule has 2 aromatic carbocycles. The quantitative estimate of drug-likeness (QED) is 0.569. The van der Waals surface area contributed by atoms with Gasteiger partial charge in [0.15, 0.2) is 0 Å². The smallest absolute Gasteiger partial charge is 0.434 e. The maximum Gasteiger partial charge on any atom is 0.513 e. The minimum atomic E-state index is -0.748. The van der Waals surface area contributed by atoms with Crippen LogP contribution in [0.1, 0.15) is 37.8 Å². The first-order valence-corrected chi connectivity index (χ1v) is 7.21. The molecular weight excluding hydrogens is 283 g/mol. The molecule has 0 aliphatic rings. The van der Waals surface area contributed by atoms with Crippen LogP contribution in [-0.2, 0) is 4.74 Å². The van der Waals surface area contributed by atoms with E-state index in [0.29, 0.717) is 11.3 Å². The molecule has 0 fully saturated rings. The van der Waals surface area contributed by atoms with E-state index in [-0.39, 0.29) is 18.3 Å². The fourth-order valence-corrected chi connectivity index (χ4v) is 2.43. The molecule has 0 aromatic heterocycles. The first-order chi connectivity index (χ1) is 10.5. The molecular formula is C18H19FO3. The van der Waals surface area contributed by atoms with E-state index in [9.17, 15) is 9.18 Å². The van der Waals surface area contributed by atoms with E-state index in [4.69, 9.17) is 9.47 Å². The Balaban J connectivity index is 2.63. The van der Waals surface area contributed by atoms with Gasteiger partial charge in [0.25, 0.3) is 0 Å². The molecule has 0 aliphatic carbocycles. The van der Waals surface area contributed by atoms with E-state index in [0.717, 1.165) is 16.3 Å².